The molecule has 130 valence electrons. The maximum absolute atomic E-state index is 3.47. The van der Waals surface area contributed by atoms with Crippen LogP contribution in [0, 0.1) is 0 Å². The molecule has 0 atom stereocenters. The number of hydrogen-bond donors (Lipinski definition) is 1. The molecule has 0 aromatic carbocycles. The van der Waals surface area contributed by atoms with Gasteiger partial charge in [0.1, 0.15) is 0 Å². The highest BCUT2D eigenvalue weighted by Gasteiger charge is 1.93. The molecule has 0 amide bonds. The fourth-order valence-electron chi connectivity index (χ4n) is 2.39. The Morgan fingerprint density at radius 2 is 0.905 bits per heavy atom. The van der Waals surface area contributed by atoms with E-state index in [-0.39, 0.29) is 0 Å². The van der Waals surface area contributed by atoms with Gasteiger partial charge in [-0.25, -0.2) is 0 Å². The third-order valence-corrected chi connectivity index (χ3v) is 3.63. The number of rotatable bonds is 15. The minimum Gasteiger partial charge on any atom is -0.317 e. The van der Waals surface area contributed by atoms with Gasteiger partial charge >= 0.3 is 0 Å². The average molecular weight is 316 g/mol. The van der Waals surface area contributed by atoms with Crippen LogP contribution in [0.5, 0.6) is 0 Å². The molecule has 0 unspecified atom stereocenters. The first-order valence-electron chi connectivity index (χ1n) is 10.0. The lowest BCUT2D eigenvalue weighted by Gasteiger charge is -2.04. The quantitative estimate of drug-likeness (QED) is 0.291. The molecule has 0 bridgehead atoms. The van der Waals surface area contributed by atoms with Crippen molar-refractivity contribution in [3.05, 3.63) is 0 Å². The van der Waals surface area contributed by atoms with Crippen LogP contribution in [0.15, 0.2) is 0 Å². The van der Waals surface area contributed by atoms with E-state index >= 15 is 0 Å². The molecule has 0 saturated heterocycles. The molecule has 0 fully saturated rings. The molecular weight excluding hydrogens is 270 g/mol. The van der Waals surface area contributed by atoms with Crippen molar-refractivity contribution >= 4 is 9.52 Å². The van der Waals surface area contributed by atoms with Gasteiger partial charge in [-0.15, -0.1) is 0 Å². The third kappa shape index (κ3) is 28.9. The highest BCUT2D eigenvalue weighted by Crippen LogP contribution is 2.11. The van der Waals surface area contributed by atoms with Crippen LogP contribution in [0.1, 0.15) is 97.3 Å². The van der Waals surface area contributed by atoms with Gasteiger partial charge in [-0.3, -0.25) is 0 Å². The highest BCUT2D eigenvalue weighted by molar-refractivity contribution is 6.31. The fraction of sp³-hybridized carbons (Fsp3) is 1.00. The smallest absolute Gasteiger partial charge is 0.0135 e. The lowest BCUT2D eigenvalue weighted by Crippen LogP contribution is -2.15. The van der Waals surface area contributed by atoms with E-state index in [1.807, 2.05) is 0 Å². The number of unbranched alkanes of at least 4 members (excludes halogenated alkanes) is 11. The third-order valence-electron chi connectivity index (χ3n) is 3.63. The zero-order valence-corrected chi connectivity index (χ0v) is 17.2. The molecule has 0 saturated carbocycles. The standard InChI is InChI=1S/C17H37N.C2H8Si/c1-3-5-6-7-8-9-10-11-12-13-14-15-17-18-16-4-2;1-3-2/h18H,3-17H2,1-2H3;3H2,1-2H3. The van der Waals surface area contributed by atoms with E-state index in [1.165, 1.54) is 96.6 Å². The molecule has 0 aliphatic rings. The van der Waals surface area contributed by atoms with E-state index in [2.05, 4.69) is 32.3 Å². The van der Waals surface area contributed by atoms with Gasteiger partial charge in [0, 0.05) is 9.52 Å². The molecule has 0 spiro atoms. The van der Waals surface area contributed by atoms with Crippen molar-refractivity contribution in [3.63, 3.8) is 0 Å². The van der Waals surface area contributed by atoms with Gasteiger partial charge < -0.3 is 5.32 Å². The lowest BCUT2D eigenvalue weighted by molar-refractivity contribution is 0.535. The lowest BCUT2D eigenvalue weighted by atomic mass is 10.1. The van der Waals surface area contributed by atoms with E-state index in [0.717, 1.165) is 0 Å². The maximum Gasteiger partial charge on any atom is 0.0135 e. The van der Waals surface area contributed by atoms with Crippen LogP contribution in [0.3, 0.4) is 0 Å². The Labute approximate surface area is 138 Å². The predicted molar refractivity (Wildman–Crippen MR) is 105 cm³/mol. The molecule has 0 rings (SSSR count). The Morgan fingerprint density at radius 3 is 1.29 bits per heavy atom. The summed E-state index contributed by atoms with van der Waals surface area (Å²) in [6.45, 7) is 11.5. The normalized spacial score (nSPS) is 10.3. The Hall–Kier alpha value is 0.177. The van der Waals surface area contributed by atoms with Gasteiger partial charge in [0.25, 0.3) is 0 Å². The van der Waals surface area contributed by atoms with Crippen molar-refractivity contribution in [2.75, 3.05) is 13.1 Å². The Kier molecular flexibility index (Phi) is 28.1. The molecular formula is C19H45NSi. The molecule has 0 aromatic heterocycles. The summed E-state index contributed by atoms with van der Waals surface area (Å²) in [5.74, 6) is 0. The molecule has 21 heavy (non-hydrogen) atoms. The number of nitrogens with one attached hydrogen (secondary N) is 1. The SMILES string of the molecule is CCCCCCCCCCCCCCNCCC.C[SiH2]C. The zero-order chi connectivity index (χ0) is 16.0. The molecule has 1 nitrogen and oxygen atoms in total. The second-order valence-electron chi connectivity index (χ2n) is 6.35. The Bertz CT molecular complexity index is 135. The summed E-state index contributed by atoms with van der Waals surface area (Å²) in [4.78, 5) is 0. The van der Waals surface area contributed by atoms with Crippen molar-refractivity contribution < 1.29 is 0 Å². The Balaban J connectivity index is 0. The summed E-state index contributed by atoms with van der Waals surface area (Å²) in [5.41, 5.74) is 0. The summed E-state index contributed by atoms with van der Waals surface area (Å²) in [6.07, 6.45) is 18.6. The van der Waals surface area contributed by atoms with Crippen molar-refractivity contribution in [2.24, 2.45) is 0 Å². The van der Waals surface area contributed by atoms with Crippen LogP contribution < -0.4 is 5.32 Å². The van der Waals surface area contributed by atoms with E-state index in [4.69, 9.17) is 0 Å². The van der Waals surface area contributed by atoms with Crippen LogP contribution >= 0.6 is 0 Å². The molecule has 0 aromatic rings. The molecule has 0 heterocycles. The van der Waals surface area contributed by atoms with Gasteiger partial charge in [-0.1, -0.05) is 97.6 Å². The van der Waals surface area contributed by atoms with Crippen LogP contribution in [0.4, 0.5) is 0 Å². The average Bonchev–Trinajstić information content (AvgIpc) is 2.48. The van der Waals surface area contributed by atoms with Gasteiger partial charge in [-0.2, -0.15) is 0 Å². The molecule has 1 N–H and O–H groups in total. The summed E-state index contributed by atoms with van der Waals surface area (Å²) in [7, 11) is 0.417. The van der Waals surface area contributed by atoms with Gasteiger partial charge in [0.15, 0.2) is 0 Å². The van der Waals surface area contributed by atoms with Crippen LogP contribution in [-0.4, -0.2) is 22.6 Å². The van der Waals surface area contributed by atoms with Crippen LogP contribution in [0.2, 0.25) is 13.1 Å². The second kappa shape index (κ2) is 25.1. The predicted octanol–water partition coefficient (Wildman–Crippen LogP) is 5.94. The molecule has 0 aliphatic heterocycles. The van der Waals surface area contributed by atoms with E-state index in [9.17, 15) is 0 Å². The first-order chi connectivity index (χ1) is 10.3. The minimum atomic E-state index is 0.417. The van der Waals surface area contributed by atoms with Crippen molar-refractivity contribution in [3.8, 4) is 0 Å². The summed E-state index contributed by atoms with van der Waals surface area (Å²) >= 11 is 0. The fourth-order valence-corrected chi connectivity index (χ4v) is 2.39. The zero-order valence-electron chi connectivity index (χ0n) is 15.8. The van der Waals surface area contributed by atoms with E-state index in [0.29, 0.717) is 9.52 Å². The van der Waals surface area contributed by atoms with Gasteiger partial charge in [0.05, 0.1) is 0 Å². The number of hydrogen-bond acceptors (Lipinski definition) is 1. The second-order valence-corrected chi connectivity index (χ2v) is 7.76. The van der Waals surface area contributed by atoms with Crippen molar-refractivity contribution in [1.82, 2.24) is 5.32 Å². The van der Waals surface area contributed by atoms with Gasteiger partial charge in [-0.05, 0) is 25.9 Å². The first-order valence-corrected chi connectivity index (χ1v) is 12.9. The first kappa shape index (κ1) is 23.4. The largest absolute Gasteiger partial charge is 0.317 e. The Morgan fingerprint density at radius 1 is 0.524 bits per heavy atom. The summed E-state index contributed by atoms with van der Waals surface area (Å²) in [5, 5.41) is 3.47. The van der Waals surface area contributed by atoms with Crippen LogP contribution in [-0.2, 0) is 0 Å². The monoisotopic (exact) mass is 315 g/mol. The van der Waals surface area contributed by atoms with Crippen molar-refractivity contribution in [2.45, 2.75) is 110 Å². The van der Waals surface area contributed by atoms with Crippen LogP contribution in [0.25, 0.3) is 0 Å². The van der Waals surface area contributed by atoms with E-state index < -0.39 is 0 Å². The minimum absolute atomic E-state index is 0.417. The maximum atomic E-state index is 3.47. The topological polar surface area (TPSA) is 12.0 Å². The summed E-state index contributed by atoms with van der Waals surface area (Å²) in [6, 6.07) is 0. The highest BCUT2D eigenvalue weighted by atomic mass is 28.2. The van der Waals surface area contributed by atoms with E-state index in [1.54, 1.807) is 0 Å². The summed E-state index contributed by atoms with van der Waals surface area (Å²) < 4.78 is 0. The molecule has 0 aliphatic carbocycles. The molecule has 2 heteroatoms. The van der Waals surface area contributed by atoms with Gasteiger partial charge in [0.2, 0.25) is 0 Å². The molecule has 0 radical (unpaired) electrons. The van der Waals surface area contributed by atoms with Crippen molar-refractivity contribution in [1.29, 1.82) is 0 Å².